The van der Waals surface area contributed by atoms with Crippen LogP contribution in [-0.2, 0) is 9.59 Å². The number of carbonyl (C=O) groups excluding carboxylic acids is 2. The lowest BCUT2D eigenvalue weighted by Crippen LogP contribution is -2.42. The number of hydrogen-bond donors (Lipinski definition) is 0. The van der Waals surface area contributed by atoms with Crippen molar-refractivity contribution in [2.24, 2.45) is 5.92 Å². The highest BCUT2D eigenvalue weighted by molar-refractivity contribution is 8.05. The lowest BCUT2D eigenvalue weighted by atomic mass is 9.88. The molecule has 0 N–H and O–H groups in total. The van der Waals surface area contributed by atoms with Gasteiger partial charge in [0.25, 0.3) is 5.91 Å². The number of amides is 2. The number of allylic oxidation sites excluding steroid dienone is 4. The van der Waals surface area contributed by atoms with Crippen molar-refractivity contribution in [3.05, 3.63) is 94.4 Å². The molecule has 6 heteroatoms. The van der Waals surface area contributed by atoms with Crippen LogP contribution in [0.25, 0.3) is 0 Å². The van der Waals surface area contributed by atoms with Crippen LogP contribution in [0.15, 0.2) is 83.8 Å². The van der Waals surface area contributed by atoms with Gasteiger partial charge in [0.15, 0.2) is 0 Å². The molecule has 0 aromatic heterocycles. The Bertz CT molecular complexity index is 1170. The van der Waals surface area contributed by atoms with Gasteiger partial charge in [0.05, 0.1) is 10.8 Å². The number of para-hydroxylation sites is 1. The van der Waals surface area contributed by atoms with E-state index in [9.17, 15) is 9.59 Å². The number of likely N-dealkylation sites (N-methyl/N-ethyl adjacent to an activating group) is 1. The number of hydrogen-bond acceptors (Lipinski definition) is 3. The molecule has 0 saturated heterocycles. The van der Waals surface area contributed by atoms with Gasteiger partial charge in [0.1, 0.15) is 0 Å². The van der Waals surface area contributed by atoms with Gasteiger partial charge in [-0.25, -0.2) is 0 Å². The molecule has 0 bridgehead atoms. The molecule has 2 unspecified atom stereocenters. The highest BCUT2D eigenvalue weighted by atomic mass is 35.5. The zero-order chi connectivity index (χ0) is 22.9. The first-order valence-electron chi connectivity index (χ1n) is 11.3. The first-order valence-corrected chi connectivity index (χ1v) is 12.5. The standard InChI is InChI=1S/C27H25ClN2O2S/c1-2-29(20-13-11-19(28)12-14-20)26(31)22-15-16-30(23-9-5-4-8-21(22)23)27(32)25-17-18-7-3-6-10-24(18)33-25/h3-14,17-18,22,24H,2,15-16H2,1H3/t18?,22-,24?/m0/s1. The smallest absolute Gasteiger partial charge is 0.264 e. The Morgan fingerprint density at radius 3 is 2.61 bits per heavy atom. The van der Waals surface area contributed by atoms with E-state index in [1.165, 1.54) is 0 Å². The van der Waals surface area contributed by atoms with Crippen molar-refractivity contribution >= 4 is 46.6 Å². The van der Waals surface area contributed by atoms with Crippen molar-refractivity contribution in [3.63, 3.8) is 0 Å². The van der Waals surface area contributed by atoms with E-state index < -0.39 is 0 Å². The second-order valence-corrected chi connectivity index (χ2v) is 10.0. The maximum Gasteiger partial charge on any atom is 0.264 e. The van der Waals surface area contributed by atoms with E-state index >= 15 is 0 Å². The Kier molecular flexibility index (Phi) is 6.17. The molecule has 2 heterocycles. The molecule has 2 aromatic rings. The average Bonchev–Trinajstić information content (AvgIpc) is 3.29. The molecule has 0 fully saturated rings. The van der Waals surface area contributed by atoms with Crippen LogP contribution >= 0.6 is 23.4 Å². The van der Waals surface area contributed by atoms with Crippen molar-refractivity contribution < 1.29 is 9.59 Å². The number of benzene rings is 2. The number of rotatable bonds is 4. The van der Waals surface area contributed by atoms with Crippen molar-refractivity contribution in [2.45, 2.75) is 24.5 Å². The van der Waals surface area contributed by atoms with E-state index in [1.54, 1.807) is 28.8 Å². The minimum Gasteiger partial charge on any atom is -0.312 e. The number of nitrogens with zero attached hydrogens (tertiary/aromatic N) is 2. The average molecular weight is 477 g/mol. The van der Waals surface area contributed by atoms with E-state index in [0.717, 1.165) is 21.8 Å². The van der Waals surface area contributed by atoms with E-state index in [1.807, 2.05) is 60.4 Å². The van der Waals surface area contributed by atoms with Gasteiger partial charge in [-0.05, 0) is 49.2 Å². The summed E-state index contributed by atoms with van der Waals surface area (Å²) in [7, 11) is 0. The summed E-state index contributed by atoms with van der Waals surface area (Å²) in [5.74, 6) is 0.0556. The van der Waals surface area contributed by atoms with Gasteiger partial charge in [-0.2, -0.15) is 0 Å². The molecule has 2 aromatic carbocycles. The largest absolute Gasteiger partial charge is 0.312 e. The zero-order valence-electron chi connectivity index (χ0n) is 18.4. The van der Waals surface area contributed by atoms with Gasteiger partial charge < -0.3 is 9.80 Å². The fourth-order valence-electron chi connectivity index (χ4n) is 4.79. The quantitative estimate of drug-likeness (QED) is 0.547. The summed E-state index contributed by atoms with van der Waals surface area (Å²) >= 11 is 7.67. The maximum absolute atomic E-state index is 13.6. The van der Waals surface area contributed by atoms with Crippen LogP contribution in [0.5, 0.6) is 0 Å². The minimum atomic E-state index is -0.292. The van der Waals surface area contributed by atoms with Gasteiger partial charge in [0.2, 0.25) is 5.91 Å². The molecule has 3 atom stereocenters. The SMILES string of the molecule is CCN(C(=O)[C@H]1CCN(C(=O)C2=CC3C=CC=CC3S2)c2ccccc21)c1ccc(Cl)cc1. The highest BCUT2D eigenvalue weighted by Crippen LogP contribution is 2.43. The van der Waals surface area contributed by atoms with E-state index in [-0.39, 0.29) is 23.7 Å². The third-order valence-corrected chi connectivity index (χ3v) is 8.01. The molecule has 0 spiro atoms. The normalized spacial score (nSPS) is 23.0. The van der Waals surface area contributed by atoms with Gasteiger partial charge in [-0.1, -0.05) is 60.2 Å². The highest BCUT2D eigenvalue weighted by Gasteiger charge is 2.37. The summed E-state index contributed by atoms with van der Waals surface area (Å²) in [5, 5.41) is 0.935. The number of halogens is 1. The maximum atomic E-state index is 13.6. The molecule has 33 heavy (non-hydrogen) atoms. The van der Waals surface area contributed by atoms with Gasteiger partial charge in [0, 0.05) is 40.7 Å². The van der Waals surface area contributed by atoms with Gasteiger partial charge in [-0.3, -0.25) is 9.59 Å². The van der Waals surface area contributed by atoms with E-state index in [4.69, 9.17) is 11.6 Å². The van der Waals surface area contributed by atoms with Crippen molar-refractivity contribution in [2.75, 3.05) is 22.9 Å². The Morgan fingerprint density at radius 2 is 1.85 bits per heavy atom. The van der Waals surface area contributed by atoms with Crippen molar-refractivity contribution in [3.8, 4) is 0 Å². The fourth-order valence-corrected chi connectivity index (χ4v) is 6.15. The van der Waals surface area contributed by atoms with Crippen LogP contribution in [-0.4, -0.2) is 30.2 Å². The summed E-state index contributed by atoms with van der Waals surface area (Å²) in [4.78, 5) is 31.6. The molecular formula is C27H25ClN2O2S. The molecule has 3 aliphatic rings. The molecule has 168 valence electrons. The van der Waals surface area contributed by atoms with Crippen molar-refractivity contribution in [1.82, 2.24) is 0 Å². The lowest BCUT2D eigenvalue weighted by molar-refractivity contribution is -0.120. The van der Waals surface area contributed by atoms with Crippen LogP contribution in [0.4, 0.5) is 11.4 Å². The number of fused-ring (bicyclic) bond motifs is 2. The molecule has 5 rings (SSSR count). The predicted molar refractivity (Wildman–Crippen MR) is 137 cm³/mol. The van der Waals surface area contributed by atoms with Crippen molar-refractivity contribution in [1.29, 1.82) is 0 Å². The van der Waals surface area contributed by atoms with Gasteiger partial charge in [-0.15, -0.1) is 11.8 Å². The van der Waals surface area contributed by atoms with Crippen LogP contribution in [0, 0.1) is 5.92 Å². The summed E-state index contributed by atoms with van der Waals surface area (Å²) < 4.78 is 0. The van der Waals surface area contributed by atoms with Crippen LogP contribution < -0.4 is 9.80 Å². The zero-order valence-corrected chi connectivity index (χ0v) is 19.9. The molecule has 1 aliphatic carbocycles. The summed E-state index contributed by atoms with van der Waals surface area (Å²) in [6.07, 6.45) is 11.1. The second kappa shape index (κ2) is 9.24. The molecule has 2 aliphatic heterocycles. The summed E-state index contributed by atoms with van der Waals surface area (Å²) in [5.41, 5.74) is 2.58. The van der Waals surface area contributed by atoms with Crippen LogP contribution in [0.1, 0.15) is 24.8 Å². The summed E-state index contributed by atoms with van der Waals surface area (Å²) in [6, 6.07) is 15.2. The first-order chi connectivity index (χ1) is 16.1. The molecule has 0 radical (unpaired) electrons. The second-order valence-electron chi connectivity index (χ2n) is 8.38. The van der Waals surface area contributed by atoms with Gasteiger partial charge >= 0.3 is 0 Å². The number of thioether (sulfide) groups is 1. The Labute approximate surface area is 203 Å². The Balaban J connectivity index is 1.41. The number of anilines is 2. The van der Waals surface area contributed by atoms with E-state index in [2.05, 4.69) is 18.2 Å². The molecule has 0 saturated carbocycles. The summed E-state index contributed by atoms with van der Waals surface area (Å²) in [6.45, 7) is 3.06. The molecule has 2 amide bonds. The predicted octanol–water partition coefficient (Wildman–Crippen LogP) is 5.95. The monoisotopic (exact) mass is 476 g/mol. The lowest BCUT2D eigenvalue weighted by Gasteiger charge is -2.36. The molecule has 4 nitrogen and oxygen atoms in total. The topological polar surface area (TPSA) is 40.6 Å². The minimum absolute atomic E-state index is 0.0274. The third kappa shape index (κ3) is 4.16. The van der Waals surface area contributed by atoms with Crippen LogP contribution in [0.2, 0.25) is 5.02 Å². The Hall–Kier alpha value is -2.76. The molecular weight excluding hydrogens is 452 g/mol. The Morgan fingerprint density at radius 1 is 1.09 bits per heavy atom. The fraction of sp³-hybridized carbons (Fsp3) is 0.259. The van der Waals surface area contributed by atoms with E-state index in [0.29, 0.717) is 29.8 Å². The number of carbonyl (C=O) groups is 2. The van der Waals surface area contributed by atoms with Crippen LogP contribution in [0.3, 0.4) is 0 Å². The third-order valence-electron chi connectivity index (χ3n) is 6.45. The first kappa shape index (κ1) is 22.1.